The molecular formula is C12H17N. The van der Waals surface area contributed by atoms with Crippen molar-refractivity contribution < 1.29 is 0 Å². The number of allylic oxidation sites excluding steroid dienone is 8. The van der Waals surface area contributed by atoms with Crippen molar-refractivity contribution in [2.75, 3.05) is 0 Å². The zero-order valence-corrected chi connectivity index (χ0v) is 8.33. The second-order valence-corrected chi connectivity index (χ2v) is 2.61. The molecular weight excluding hydrogens is 158 g/mol. The van der Waals surface area contributed by atoms with Gasteiger partial charge in [0.25, 0.3) is 0 Å². The molecule has 13 heavy (non-hydrogen) atoms. The molecule has 0 unspecified atom stereocenters. The van der Waals surface area contributed by atoms with Gasteiger partial charge in [-0.1, -0.05) is 43.0 Å². The molecule has 1 heteroatoms. The number of hydrogen-bond donors (Lipinski definition) is 1. The van der Waals surface area contributed by atoms with Gasteiger partial charge in [-0.05, 0) is 25.5 Å². The molecule has 0 spiro atoms. The van der Waals surface area contributed by atoms with Gasteiger partial charge in [0.15, 0.2) is 0 Å². The van der Waals surface area contributed by atoms with E-state index in [9.17, 15) is 0 Å². The standard InChI is InChI=1S/C12H17N/c1-4-6-7-8-9-10-11(3)12(13)5-2/h4-10H,2,13H2,1,3H3/b6-4+,8-7+,10-9+,12-11-. The second kappa shape index (κ2) is 7.17. The molecule has 0 atom stereocenters. The van der Waals surface area contributed by atoms with E-state index in [1.165, 1.54) is 0 Å². The van der Waals surface area contributed by atoms with Crippen molar-refractivity contribution in [2.45, 2.75) is 13.8 Å². The lowest BCUT2D eigenvalue weighted by atomic mass is 10.2. The minimum absolute atomic E-state index is 0.718. The Morgan fingerprint density at radius 1 is 1.15 bits per heavy atom. The summed E-state index contributed by atoms with van der Waals surface area (Å²) in [6, 6.07) is 0. The molecule has 0 saturated carbocycles. The minimum atomic E-state index is 0.718. The van der Waals surface area contributed by atoms with Gasteiger partial charge in [-0.25, -0.2) is 0 Å². The first-order chi connectivity index (χ1) is 6.22. The Balaban J connectivity index is 4.20. The van der Waals surface area contributed by atoms with Crippen LogP contribution in [0, 0.1) is 0 Å². The van der Waals surface area contributed by atoms with Crippen LogP contribution in [0.2, 0.25) is 0 Å². The monoisotopic (exact) mass is 175 g/mol. The van der Waals surface area contributed by atoms with Crippen molar-refractivity contribution in [1.29, 1.82) is 0 Å². The minimum Gasteiger partial charge on any atom is -0.399 e. The molecule has 0 bridgehead atoms. The van der Waals surface area contributed by atoms with E-state index in [4.69, 9.17) is 5.73 Å². The molecule has 1 nitrogen and oxygen atoms in total. The highest BCUT2D eigenvalue weighted by Gasteiger charge is 1.85. The van der Waals surface area contributed by atoms with Crippen molar-refractivity contribution in [3.63, 3.8) is 0 Å². The molecule has 0 heterocycles. The summed E-state index contributed by atoms with van der Waals surface area (Å²) in [5.74, 6) is 0. The molecule has 0 aliphatic heterocycles. The SMILES string of the molecule is C=C/C(N)=C(C)/C=C/C=C/C=C/C. The first-order valence-corrected chi connectivity index (χ1v) is 4.27. The highest BCUT2D eigenvalue weighted by Crippen LogP contribution is 2.00. The summed E-state index contributed by atoms with van der Waals surface area (Å²) < 4.78 is 0. The van der Waals surface area contributed by atoms with Gasteiger partial charge in [0.1, 0.15) is 0 Å². The van der Waals surface area contributed by atoms with Crippen LogP contribution in [0.1, 0.15) is 13.8 Å². The summed E-state index contributed by atoms with van der Waals surface area (Å²) in [4.78, 5) is 0. The van der Waals surface area contributed by atoms with Crippen LogP contribution in [-0.4, -0.2) is 0 Å². The van der Waals surface area contributed by atoms with Gasteiger partial charge in [-0.15, -0.1) is 0 Å². The summed E-state index contributed by atoms with van der Waals surface area (Å²) in [5, 5.41) is 0. The Bertz CT molecular complexity index is 265. The maximum absolute atomic E-state index is 5.63. The van der Waals surface area contributed by atoms with Crippen LogP contribution in [0.5, 0.6) is 0 Å². The van der Waals surface area contributed by atoms with Crippen LogP contribution in [0.3, 0.4) is 0 Å². The third kappa shape index (κ3) is 5.74. The fourth-order valence-electron chi connectivity index (χ4n) is 0.697. The lowest BCUT2D eigenvalue weighted by molar-refractivity contribution is 1.32. The quantitative estimate of drug-likeness (QED) is 0.653. The van der Waals surface area contributed by atoms with E-state index in [0.29, 0.717) is 0 Å². The lowest BCUT2D eigenvalue weighted by Gasteiger charge is -1.94. The Hall–Kier alpha value is -1.50. The molecule has 0 radical (unpaired) electrons. The molecule has 0 saturated heterocycles. The molecule has 2 N–H and O–H groups in total. The van der Waals surface area contributed by atoms with Crippen LogP contribution in [0.25, 0.3) is 0 Å². The zero-order valence-electron chi connectivity index (χ0n) is 8.33. The van der Waals surface area contributed by atoms with Crippen LogP contribution < -0.4 is 5.73 Å². The predicted molar refractivity (Wildman–Crippen MR) is 60.2 cm³/mol. The molecule has 0 aliphatic rings. The van der Waals surface area contributed by atoms with Crippen molar-refractivity contribution in [2.24, 2.45) is 5.73 Å². The number of hydrogen-bond acceptors (Lipinski definition) is 1. The Morgan fingerprint density at radius 3 is 2.31 bits per heavy atom. The normalized spacial score (nSPS) is 14.3. The van der Waals surface area contributed by atoms with E-state index >= 15 is 0 Å². The van der Waals surface area contributed by atoms with Gasteiger partial charge in [0, 0.05) is 5.70 Å². The van der Waals surface area contributed by atoms with Gasteiger partial charge in [0.2, 0.25) is 0 Å². The van der Waals surface area contributed by atoms with E-state index in [0.717, 1.165) is 11.3 Å². The summed E-state index contributed by atoms with van der Waals surface area (Å²) >= 11 is 0. The average molecular weight is 175 g/mol. The fourth-order valence-corrected chi connectivity index (χ4v) is 0.697. The predicted octanol–water partition coefficient (Wildman–Crippen LogP) is 3.09. The largest absolute Gasteiger partial charge is 0.399 e. The van der Waals surface area contributed by atoms with E-state index in [-0.39, 0.29) is 0 Å². The smallest absolute Gasteiger partial charge is 0.0337 e. The van der Waals surface area contributed by atoms with Gasteiger partial charge < -0.3 is 5.73 Å². The first kappa shape index (κ1) is 11.5. The number of rotatable bonds is 4. The Kier molecular flexibility index (Phi) is 6.34. The van der Waals surface area contributed by atoms with Crippen molar-refractivity contribution in [3.8, 4) is 0 Å². The Labute approximate surface area is 80.6 Å². The van der Waals surface area contributed by atoms with E-state index < -0.39 is 0 Å². The van der Waals surface area contributed by atoms with Gasteiger partial charge in [-0.3, -0.25) is 0 Å². The molecule has 0 aromatic heterocycles. The van der Waals surface area contributed by atoms with E-state index in [1.807, 2.05) is 50.3 Å². The van der Waals surface area contributed by atoms with Gasteiger partial charge >= 0.3 is 0 Å². The lowest BCUT2D eigenvalue weighted by Crippen LogP contribution is -1.94. The molecule has 0 amide bonds. The van der Waals surface area contributed by atoms with Crippen LogP contribution in [-0.2, 0) is 0 Å². The fraction of sp³-hybridized carbons (Fsp3) is 0.167. The summed E-state index contributed by atoms with van der Waals surface area (Å²) in [7, 11) is 0. The summed E-state index contributed by atoms with van der Waals surface area (Å²) in [6.07, 6.45) is 13.4. The average Bonchev–Trinajstić information content (AvgIpc) is 2.16. The van der Waals surface area contributed by atoms with Crippen molar-refractivity contribution >= 4 is 0 Å². The zero-order chi connectivity index (χ0) is 10.1. The highest BCUT2D eigenvalue weighted by atomic mass is 14.6. The topological polar surface area (TPSA) is 26.0 Å². The molecule has 0 fully saturated rings. The highest BCUT2D eigenvalue weighted by molar-refractivity contribution is 5.30. The van der Waals surface area contributed by atoms with E-state index in [2.05, 4.69) is 6.58 Å². The molecule has 0 rings (SSSR count). The summed E-state index contributed by atoms with van der Waals surface area (Å²) in [5.41, 5.74) is 7.38. The van der Waals surface area contributed by atoms with Crippen molar-refractivity contribution in [1.82, 2.24) is 0 Å². The van der Waals surface area contributed by atoms with Crippen LogP contribution >= 0.6 is 0 Å². The first-order valence-electron chi connectivity index (χ1n) is 4.27. The molecule has 70 valence electrons. The maximum atomic E-state index is 5.63. The molecule has 0 aliphatic carbocycles. The second-order valence-electron chi connectivity index (χ2n) is 2.61. The maximum Gasteiger partial charge on any atom is 0.0337 e. The van der Waals surface area contributed by atoms with E-state index in [1.54, 1.807) is 6.08 Å². The van der Waals surface area contributed by atoms with Gasteiger partial charge in [0.05, 0.1) is 0 Å². The van der Waals surface area contributed by atoms with Crippen LogP contribution in [0.15, 0.2) is 60.4 Å². The third-order valence-corrected chi connectivity index (χ3v) is 1.55. The van der Waals surface area contributed by atoms with Crippen molar-refractivity contribution in [3.05, 3.63) is 60.4 Å². The summed E-state index contributed by atoms with van der Waals surface area (Å²) in [6.45, 7) is 7.53. The molecule has 0 aromatic rings. The molecule has 0 aromatic carbocycles. The number of nitrogens with two attached hydrogens (primary N) is 1. The van der Waals surface area contributed by atoms with Gasteiger partial charge in [-0.2, -0.15) is 0 Å². The van der Waals surface area contributed by atoms with Crippen LogP contribution in [0.4, 0.5) is 0 Å². The Morgan fingerprint density at radius 2 is 1.77 bits per heavy atom. The third-order valence-electron chi connectivity index (χ3n) is 1.55.